The number of rotatable bonds is 4. The summed E-state index contributed by atoms with van der Waals surface area (Å²) in [5.74, 6) is 0.0858. The van der Waals surface area contributed by atoms with Gasteiger partial charge in [0, 0.05) is 0 Å². The molecule has 90 valence electrons. The highest BCUT2D eigenvalue weighted by Crippen LogP contribution is 2.31. The number of hydrogen-bond donors (Lipinski definition) is 0. The third-order valence-corrected chi connectivity index (χ3v) is 2.78. The van der Waals surface area contributed by atoms with Crippen LogP contribution in [0.4, 0.5) is 0 Å². The molecule has 0 saturated carbocycles. The van der Waals surface area contributed by atoms with Crippen LogP contribution < -0.4 is 4.74 Å². The first-order valence-electron chi connectivity index (χ1n) is 5.05. The van der Waals surface area contributed by atoms with Gasteiger partial charge in [-0.25, -0.2) is 0 Å². The zero-order valence-corrected chi connectivity index (χ0v) is 11.2. The van der Waals surface area contributed by atoms with Crippen LogP contribution in [0.1, 0.15) is 18.1 Å². The van der Waals surface area contributed by atoms with Gasteiger partial charge in [-0.3, -0.25) is 4.79 Å². The smallest absolute Gasteiger partial charge is 0.310 e. The molecule has 0 aromatic heterocycles. The predicted molar refractivity (Wildman–Crippen MR) is 65.7 cm³/mol. The van der Waals surface area contributed by atoms with E-state index in [9.17, 15) is 4.79 Å². The molecule has 0 radical (unpaired) electrons. The molecule has 0 unspecified atom stereocenters. The van der Waals surface area contributed by atoms with Crippen molar-refractivity contribution < 1.29 is 14.3 Å². The van der Waals surface area contributed by atoms with E-state index >= 15 is 0 Å². The number of esters is 1. The number of nitrogens with zero attached hydrogens (tertiary/aromatic N) is 1. The first-order valence-corrected chi connectivity index (χ1v) is 5.84. The molecule has 0 amide bonds. The molecule has 0 bridgehead atoms. The number of carbonyl (C=O) groups is 1. The van der Waals surface area contributed by atoms with E-state index in [0.29, 0.717) is 28.0 Å². The van der Waals surface area contributed by atoms with Crippen LogP contribution in [-0.4, -0.2) is 19.7 Å². The van der Waals surface area contributed by atoms with Crippen molar-refractivity contribution in [3.05, 3.63) is 27.7 Å². The SMILES string of the molecule is CCOC(=O)Cc1ccc(Br)c(OC)c1C#N. The van der Waals surface area contributed by atoms with E-state index in [-0.39, 0.29) is 12.4 Å². The van der Waals surface area contributed by atoms with Gasteiger partial charge in [0.25, 0.3) is 0 Å². The van der Waals surface area contributed by atoms with Crippen molar-refractivity contribution in [2.45, 2.75) is 13.3 Å². The van der Waals surface area contributed by atoms with Gasteiger partial charge in [0.15, 0.2) is 5.75 Å². The van der Waals surface area contributed by atoms with E-state index in [1.807, 2.05) is 6.07 Å². The second-order valence-corrected chi connectivity index (χ2v) is 4.06. The van der Waals surface area contributed by atoms with Gasteiger partial charge in [0.1, 0.15) is 6.07 Å². The molecule has 0 aliphatic rings. The van der Waals surface area contributed by atoms with E-state index < -0.39 is 0 Å². The maximum atomic E-state index is 11.4. The van der Waals surface area contributed by atoms with Crippen LogP contribution in [0, 0.1) is 11.3 Å². The lowest BCUT2D eigenvalue weighted by Gasteiger charge is -2.09. The van der Waals surface area contributed by atoms with Gasteiger partial charge < -0.3 is 9.47 Å². The van der Waals surface area contributed by atoms with Gasteiger partial charge in [-0.05, 0) is 34.5 Å². The van der Waals surface area contributed by atoms with Gasteiger partial charge in [-0.15, -0.1) is 0 Å². The number of methoxy groups -OCH3 is 1. The van der Waals surface area contributed by atoms with Gasteiger partial charge in [0.2, 0.25) is 0 Å². The van der Waals surface area contributed by atoms with E-state index in [0.717, 1.165) is 0 Å². The van der Waals surface area contributed by atoms with Crippen molar-refractivity contribution in [3.8, 4) is 11.8 Å². The van der Waals surface area contributed by atoms with E-state index in [1.165, 1.54) is 7.11 Å². The summed E-state index contributed by atoms with van der Waals surface area (Å²) in [6.45, 7) is 2.07. The van der Waals surface area contributed by atoms with Crippen LogP contribution in [0.25, 0.3) is 0 Å². The summed E-state index contributed by atoms with van der Waals surface area (Å²) in [5, 5.41) is 9.09. The molecule has 1 aromatic carbocycles. The minimum Gasteiger partial charge on any atom is -0.494 e. The van der Waals surface area contributed by atoms with Crippen molar-refractivity contribution in [1.82, 2.24) is 0 Å². The standard InChI is InChI=1S/C12H12BrNO3/c1-3-17-11(15)6-8-4-5-10(13)12(16-2)9(8)7-14/h4-5H,3,6H2,1-2H3. The Bertz CT molecular complexity index is 466. The number of carbonyl (C=O) groups excluding carboxylic acids is 1. The Hall–Kier alpha value is -1.54. The fourth-order valence-corrected chi connectivity index (χ4v) is 1.93. The molecule has 1 aromatic rings. The summed E-state index contributed by atoms with van der Waals surface area (Å²) in [6, 6.07) is 5.50. The molecule has 0 atom stereocenters. The van der Waals surface area contributed by atoms with Crippen LogP contribution in [0.15, 0.2) is 16.6 Å². The number of nitriles is 1. The molecule has 17 heavy (non-hydrogen) atoms. The van der Waals surface area contributed by atoms with Crippen LogP contribution in [0.3, 0.4) is 0 Å². The van der Waals surface area contributed by atoms with Crippen molar-refractivity contribution in [2.24, 2.45) is 0 Å². The van der Waals surface area contributed by atoms with Gasteiger partial charge in [0.05, 0.1) is 30.2 Å². The molecule has 0 N–H and O–H groups in total. The molecular formula is C12H12BrNO3. The number of benzene rings is 1. The zero-order valence-electron chi connectivity index (χ0n) is 9.62. The fourth-order valence-electron chi connectivity index (χ4n) is 1.43. The maximum absolute atomic E-state index is 11.4. The number of hydrogen-bond acceptors (Lipinski definition) is 4. The lowest BCUT2D eigenvalue weighted by Crippen LogP contribution is -2.09. The van der Waals surface area contributed by atoms with Crippen molar-refractivity contribution in [2.75, 3.05) is 13.7 Å². The summed E-state index contributed by atoms with van der Waals surface area (Å²) >= 11 is 3.29. The Morgan fingerprint density at radius 1 is 1.53 bits per heavy atom. The third kappa shape index (κ3) is 3.21. The third-order valence-electron chi connectivity index (χ3n) is 2.15. The van der Waals surface area contributed by atoms with Gasteiger partial charge in [-0.2, -0.15) is 5.26 Å². The molecule has 0 spiro atoms. The van der Waals surface area contributed by atoms with E-state index in [1.54, 1.807) is 19.1 Å². The minimum atomic E-state index is -0.353. The summed E-state index contributed by atoms with van der Waals surface area (Å²) in [5.41, 5.74) is 0.959. The molecule has 0 aliphatic carbocycles. The lowest BCUT2D eigenvalue weighted by molar-refractivity contribution is -0.142. The second-order valence-electron chi connectivity index (χ2n) is 3.21. The Morgan fingerprint density at radius 2 is 2.24 bits per heavy atom. The Labute approximate surface area is 108 Å². The zero-order chi connectivity index (χ0) is 12.8. The van der Waals surface area contributed by atoms with E-state index in [4.69, 9.17) is 14.7 Å². The average molecular weight is 298 g/mol. The highest BCUT2D eigenvalue weighted by molar-refractivity contribution is 9.10. The Morgan fingerprint density at radius 3 is 2.76 bits per heavy atom. The molecule has 0 heterocycles. The van der Waals surface area contributed by atoms with Crippen LogP contribution >= 0.6 is 15.9 Å². The molecule has 0 fully saturated rings. The molecule has 1 rings (SSSR count). The minimum absolute atomic E-state index is 0.0698. The topological polar surface area (TPSA) is 59.3 Å². The van der Waals surface area contributed by atoms with Crippen molar-refractivity contribution >= 4 is 21.9 Å². The second kappa shape index (κ2) is 6.26. The average Bonchev–Trinajstić information content (AvgIpc) is 2.31. The summed E-state index contributed by atoms with van der Waals surface area (Å²) in [7, 11) is 1.48. The van der Waals surface area contributed by atoms with Crippen molar-refractivity contribution in [1.29, 1.82) is 5.26 Å². The van der Waals surface area contributed by atoms with Crippen LogP contribution in [-0.2, 0) is 16.0 Å². The normalized spacial score (nSPS) is 9.53. The van der Waals surface area contributed by atoms with Crippen LogP contribution in [0.5, 0.6) is 5.75 Å². The molecule has 0 saturated heterocycles. The first-order chi connectivity index (χ1) is 8.13. The summed E-state index contributed by atoms with van der Waals surface area (Å²) < 4.78 is 10.7. The fraction of sp³-hybridized carbons (Fsp3) is 0.333. The highest BCUT2D eigenvalue weighted by atomic mass is 79.9. The monoisotopic (exact) mass is 297 g/mol. The lowest BCUT2D eigenvalue weighted by atomic mass is 10.0. The summed E-state index contributed by atoms with van der Waals surface area (Å²) in [6.07, 6.45) is 0.0698. The number of halogens is 1. The Balaban J connectivity index is 3.09. The van der Waals surface area contributed by atoms with Gasteiger partial charge in [-0.1, -0.05) is 6.07 Å². The number of ether oxygens (including phenoxy) is 2. The molecule has 4 nitrogen and oxygen atoms in total. The maximum Gasteiger partial charge on any atom is 0.310 e. The highest BCUT2D eigenvalue weighted by Gasteiger charge is 2.15. The summed E-state index contributed by atoms with van der Waals surface area (Å²) in [4.78, 5) is 11.4. The largest absolute Gasteiger partial charge is 0.494 e. The van der Waals surface area contributed by atoms with Crippen molar-refractivity contribution in [3.63, 3.8) is 0 Å². The van der Waals surface area contributed by atoms with Gasteiger partial charge >= 0.3 is 5.97 Å². The molecule has 0 aliphatic heterocycles. The van der Waals surface area contributed by atoms with E-state index in [2.05, 4.69) is 15.9 Å². The quantitative estimate of drug-likeness (QED) is 0.801. The van der Waals surface area contributed by atoms with Crippen LogP contribution in [0.2, 0.25) is 0 Å². The molecular weight excluding hydrogens is 286 g/mol. The molecule has 5 heteroatoms. The first kappa shape index (κ1) is 13.5. The predicted octanol–water partition coefficient (Wildman–Crippen LogP) is 2.43. The Kier molecular flexibility index (Phi) is 4.98.